The minimum absolute atomic E-state index is 0.461. The molecule has 16 heavy (non-hydrogen) atoms. The van der Waals surface area contributed by atoms with Crippen molar-refractivity contribution in [2.45, 2.75) is 27.3 Å². The molecule has 0 radical (unpaired) electrons. The Bertz CT molecular complexity index is 393. The molecular formula is C11H18N4S. The van der Waals surface area contributed by atoms with Gasteiger partial charge in [0.05, 0.1) is 6.33 Å². The lowest BCUT2D eigenvalue weighted by atomic mass is 10.2. The van der Waals surface area contributed by atoms with Gasteiger partial charge in [-0.15, -0.1) is 11.8 Å². The van der Waals surface area contributed by atoms with Crippen LogP contribution in [0.5, 0.6) is 0 Å². The van der Waals surface area contributed by atoms with E-state index < -0.39 is 0 Å². The van der Waals surface area contributed by atoms with Crippen LogP contribution < -0.4 is 0 Å². The molecule has 1 aromatic rings. The number of thioether (sulfide) groups is 1. The van der Waals surface area contributed by atoms with Crippen LogP contribution in [-0.4, -0.2) is 27.1 Å². The predicted molar refractivity (Wildman–Crippen MR) is 71.2 cm³/mol. The van der Waals surface area contributed by atoms with Gasteiger partial charge in [-0.2, -0.15) is 0 Å². The molecule has 0 spiro atoms. The summed E-state index contributed by atoms with van der Waals surface area (Å²) < 4.78 is 2.00. The van der Waals surface area contributed by atoms with Crippen LogP contribution in [0.2, 0.25) is 0 Å². The van der Waals surface area contributed by atoms with Crippen LogP contribution in [0.3, 0.4) is 0 Å². The number of nitrogens with zero attached hydrogens (tertiary/aromatic N) is 3. The van der Waals surface area contributed by atoms with Gasteiger partial charge < -0.3 is 4.57 Å². The molecule has 4 nitrogen and oxygen atoms in total. The topological polar surface area (TPSA) is 54.0 Å². The molecule has 0 aromatic carbocycles. The van der Waals surface area contributed by atoms with Crippen molar-refractivity contribution >= 4 is 28.8 Å². The van der Waals surface area contributed by atoms with Crippen LogP contribution in [0, 0.1) is 11.3 Å². The van der Waals surface area contributed by atoms with E-state index in [4.69, 9.17) is 5.41 Å². The molecule has 1 aromatic heterocycles. The van der Waals surface area contributed by atoms with E-state index in [9.17, 15) is 0 Å². The Morgan fingerprint density at radius 1 is 1.69 bits per heavy atom. The second kappa shape index (κ2) is 5.84. The quantitative estimate of drug-likeness (QED) is 0.647. The van der Waals surface area contributed by atoms with Gasteiger partial charge in [0.15, 0.2) is 5.82 Å². The highest BCUT2D eigenvalue weighted by Crippen LogP contribution is 2.22. The number of aromatic nitrogens is 2. The summed E-state index contributed by atoms with van der Waals surface area (Å²) in [4.78, 5) is 8.57. The molecule has 0 saturated heterocycles. The molecule has 0 aliphatic rings. The third kappa shape index (κ3) is 2.95. The minimum atomic E-state index is 0.461. The van der Waals surface area contributed by atoms with Gasteiger partial charge >= 0.3 is 0 Å². The molecule has 0 unspecified atom stereocenters. The summed E-state index contributed by atoms with van der Waals surface area (Å²) in [5, 5.41) is 8.27. The zero-order valence-corrected chi connectivity index (χ0v) is 11.0. The summed E-state index contributed by atoms with van der Waals surface area (Å²) in [7, 11) is 0. The zero-order chi connectivity index (χ0) is 12.1. The van der Waals surface area contributed by atoms with Crippen LogP contribution in [0.1, 0.15) is 26.5 Å². The molecule has 1 heterocycles. The van der Waals surface area contributed by atoms with Crippen molar-refractivity contribution in [3.05, 3.63) is 12.0 Å². The Labute approximate surface area is 101 Å². The molecule has 0 aliphatic carbocycles. The average molecular weight is 238 g/mol. The maximum Gasteiger partial charge on any atom is 0.162 e. The van der Waals surface area contributed by atoms with Crippen molar-refractivity contribution in [3.8, 4) is 0 Å². The molecule has 0 bridgehead atoms. The number of nitrogens with one attached hydrogen (secondary N) is 1. The molecular weight excluding hydrogens is 220 g/mol. The van der Waals surface area contributed by atoms with E-state index in [0.29, 0.717) is 16.7 Å². The monoisotopic (exact) mass is 238 g/mol. The lowest BCUT2D eigenvalue weighted by Crippen LogP contribution is -2.03. The third-order valence-corrected chi connectivity index (χ3v) is 2.64. The Hall–Kier alpha value is -1.10. The molecule has 0 atom stereocenters. The highest BCUT2D eigenvalue weighted by Gasteiger charge is 2.14. The lowest BCUT2D eigenvalue weighted by molar-refractivity contribution is 0.525. The van der Waals surface area contributed by atoms with E-state index in [2.05, 4.69) is 23.8 Å². The van der Waals surface area contributed by atoms with Crippen LogP contribution in [0.15, 0.2) is 11.3 Å². The molecule has 0 amide bonds. The van der Waals surface area contributed by atoms with Gasteiger partial charge in [-0.25, -0.2) is 9.98 Å². The van der Waals surface area contributed by atoms with E-state index >= 15 is 0 Å². The number of hydrogen-bond donors (Lipinski definition) is 1. The van der Waals surface area contributed by atoms with Crippen LogP contribution >= 0.6 is 11.8 Å². The first-order valence-corrected chi connectivity index (χ1v) is 6.49. The fraction of sp³-hybridized carbons (Fsp3) is 0.545. The van der Waals surface area contributed by atoms with Gasteiger partial charge in [-0.3, -0.25) is 5.41 Å². The number of aliphatic imine (C=N–C) groups is 1. The Balaban J connectivity index is 3.11. The van der Waals surface area contributed by atoms with E-state index in [-0.39, 0.29) is 0 Å². The van der Waals surface area contributed by atoms with Gasteiger partial charge in [-0.05, 0) is 19.1 Å². The SMILES string of the molecule is CC=Nc1c(C(=N)SC)ncn1CC(C)C. The summed E-state index contributed by atoms with van der Waals surface area (Å²) in [6.45, 7) is 7.05. The van der Waals surface area contributed by atoms with Gasteiger partial charge in [-0.1, -0.05) is 13.8 Å². The second-order valence-electron chi connectivity index (χ2n) is 3.88. The molecule has 5 heteroatoms. The Kier molecular flexibility index (Phi) is 4.73. The van der Waals surface area contributed by atoms with Crippen molar-refractivity contribution in [1.29, 1.82) is 5.41 Å². The zero-order valence-electron chi connectivity index (χ0n) is 10.2. The van der Waals surface area contributed by atoms with Crippen molar-refractivity contribution < 1.29 is 0 Å². The number of rotatable bonds is 4. The first-order valence-electron chi connectivity index (χ1n) is 5.26. The predicted octanol–water partition coefficient (Wildman–Crippen LogP) is 2.95. The maximum absolute atomic E-state index is 7.81. The number of imidazole rings is 1. The standard InChI is InChI=1S/C11H18N4S/c1-5-13-11-9(10(12)16-4)14-7-15(11)6-8(2)3/h5,7-8,12H,6H2,1-4H3. The fourth-order valence-corrected chi connectivity index (χ4v) is 1.75. The smallest absolute Gasteiger partial charge is 0.162 e. The van der Waals surface area contributed by atoms with Gasteiger partial charge in [0, 0.05) is 12.8 Å². The summed E-state index contributed by atoms with van der Waals surface area (Å²) in [5.41, 5.74) is 0.672. The van der Waals surface area contributed by atoms with Crippen molar-refractivity contribution in [1.82, 2.24) is 9.55 Å². The summed E-state index contributed by atoms with van der Waals surface area (Å²) >= 11 is 1.38. The average Bonchev–Trinajstić information content (AvgIpc) is 2.61. The number of hydrogen-bond acceptors (Lipinski definition) is 4. The van der Waals surface area contributed by atoms with Gasteiger partial charge in [0.2, 0.25) is 0 Å². The van der Waals surface area contributed by atoms with Gasteiger partial charge in [0.25, 0.3) is 0 Å². The molecule has 88 valence electrons. The van der Waals surface area contributed by atoms with Crippen molar-refractivity contribution in [3.63, 3.8) is 0 Å². The molecule has 0 aliphatic heterocycles. The third-order valence-electron chi connectivity index (χ3n) is 2.04. The molecule has 0 saturated carbocycles. The van der Waals surface area contributed by atoms with Crippen molar-refractivity contribution in [2.24, 2.45) is 10.9 Å². The molecule has 0 fully saturated rings. The van der Waals surface area contributed by atoms with E-state index in [1.54, 1.807) is 12.5 Å². The van der Waals surface area contributed by atoms with E-state index in [0.717, 1.165) is 12.4 Å². The second-order valence-corrected chi connectivity index (χ2v) is 4.70. The maximum atomic E-state index is 7.81. The minimum Gasteiger partial charge on any atom is -0.315 e. The largest absolute Gasteiger partial charge is 0.315 e. The first-order chi connectivity index (χ1) is 7.60. The summed E-state index contributed by atoms with van der Waals surface area (Å²) in [5.74, 6) is 1.33. The van der Waals surface area contributed by atoms with Crippen LogP contribution in [0.25, 0.3) is 0 Å². The van der Waals surface area contributed by atoms with Crippen molar-refractivity contribution in [2.75, 3.05) is 6.26 Å². The Morgan fingerprint density at radius 3 is 2.88 bits per heavy atom. The van der Waals surface area contributed by atoms with E-state index in [1.807, 2.05) is 17.7 Å². The highest BCUT2D eigenvalue weighted by atomic mass is 32.2. The fourth-order valence-electron chi connectivity index (χ4n) is 1.42. The molecule has 1 N–H and O–H groups in total. The van der Waals surface area contributed by atoms with Crippen LogP contribution in [-0.2, 0) is 6.54 Å². The van der Waals surface area contributed by atoms with Gasteiger partial charge in [0.1, 0.15) is 10.7 Å². The van der Waals surface area contributed by atoms with E-state index in [1.165, 1.54) is 11.8 Å². The molecule has 1 rings (SSSR count). The normalized spacial score (nSPS) is 11.6. The van der Waals surface area contributed by atoms with Crippen LogP contribution in [0.4, 0.5) is 5.82 Å². The Morgan fingerprint density at radius 2 is 2.38 bits per heavy atom. The summed E-state index contributed by atoms with van der Waals surface area (Å²) in [6.07, 6.45) is 5.39. The first kappa shape index (κ1) is 13.0. The highest BCUT2D eigenvalue weighted by molar-refractivity contribution is 8.13. The summed E-state index contributed by atoms with van der Waals surface area (Å²) in [6, 6.07) is 0. The lowest BCUT2D eigenvalue weighted by Gasteiger charge is -2.08.